The Kier molecular flexibility index (Phi) is 6.39. The highest BCUT2D eigenvalue weighted by Gasteiger charge is 2.24. The van der Waals surface area contributed by atoms with E-state index in [2.05, 4.69) is 18.9 Å². The van der Waals surface area contributed by atoms with Crippen molar-refractivity contribution in [3.63, 3.8) is 0 Å². The molecule has 0 bridgehead atoms. The molecule has 1 amide bonds. The number of nitrogens with zero attached hydrogens (tertiary/aromatic N) is 3. The molecule has 0 aliphatic heterocycles. The van der Waals surface area contributed by atoms with Crippen LogP contribution >= 0.6 is 0 Å². The minimum absolute atomic E-state index is 0.158. The SMILES string of the molecule is CCCN(CC(=O)O)C(=O)c1cc(C)nn1C(CC)CC. The van der Waals surface area contributed by atoms with E-state index in [-0.39, 0.29) is 18.5 Å². The van der Waals surface area contributed by atoms with Crippen molar-refractivity contribution < 1.29 is 14.7 Å². The van der Waals surface area contributed by atoms with Gasteiger partial charge in [-0.05, 0) is 32.3 Å². The Morgan fingerprint density at radius 3 is 2.43 bits per heavy atom. The Labute approximate surface area is 125 Å². The molecule has 21 heavy (non-hydrogen) atoms. The van der Waals surface area contributed by atoms with Gasteiger partial charge in [0.25, 0.3) is 5.91 Å². The zero-order valence-corrected chi connectivity index (χ0v) is 13.3. The van der Waals surface area contributed by atoms with Crippen LogP contribution in [0.15, 0.2) is 6.07 Å². The average molecular weight is 295 g/mol. The van der Waals surface area contributed by atoms with Gasteiger partial charge in [0.05, 0.1) is 11.7 Å². The summed E-state index contributed by atoms with van der Waals surface area (Å²) in [6.45, 7) is 8.03. The number of hydrogen-bond donors (Lipinski definition) is 1. The van der Waals surface area contributed by atoms with Crippen molar-refractivity contribution in [3.8, 4) is 0 Å². The molecule has 1 N–H and O–H groups in total. The van der Waals surface area contributed by atoms with Crippen LogP contribution in [0.25, 0.3) is 0 Å². The van der Waals surface area contributed by atoms with Crippen LogP contribution in [0.4, 0.5) is 0 Å². The molecule has 0 spiro atoms. The molecule has 118 valence electrons. The second-order valence-corrected chi connectivity index (χ2v) is 5.21. The minimum atomic E-state index is -0.998. The highest BCUT2D eigenvalue weighted by atomic mass is 16.4. The lowest BCUT2D eigenvalue weighted by molar-refractivity contribution is -0.137. The molecule has 0 unspecified atom stereocenters. The molecule has 1 aromatic rings. The number of aliphatic carboxylic acids is 1. The number of rotatable bonds is 8. The number of carboxylic acid groups (broad SMARTS) is 1. The van der Waals surface area contributed by atoms with Crippen molar-refractivity contribution in [2.45, 2.75) is 53.0 Å². The fourth-order valence-electron chi connectivity index (χ4n) is 2.44. The molecule has 1 aromatic heterocycles. The molecule has 1 heterocycles. The van der Waals surface area contributed by atoms with E-state index in [1.807, 2.05) is 13.8 Å². The fourth-order valence-corrected chi connectivity index (χ4v) is 2.44. The lowest BCUT2D eigenvalue weighted by Crippen LogP contribution is -2.37. The van der Waals surface area contributed by atoms with E-state index in [4.69, 9.17) is 5.11 Å². The molecule has 0 aliphatic carbocycles. The number of aromatic nitrogens is 2. The Balaban J connectivity index is 3.12. The molecule has 0 saturated heterocycles. The highest BCUT2D eigenvalue weighted by Crippen LogP contribution is 2.19. The van der Waals surface area contributed by atoms with E-state index >= 15 is 0 Å². The van der Waals surface area contributed by atoms with E-state index < -0.39 is 5.97 Å². The van der Waals surface area contributed by atoms with Gasteiger partial charge < -0.3 is 10.0 Å². The lowest BCUT2D eigenvalue weighted by Gasteiger charge is -2.22. The monoisotopic (exact) mass is 295 g/mol. The topological polar surface area (TPSA) is 75.4 Å². The molecule has 1 rings (SSSR count). The summed E-state index contributed by atoms with van der Waals surface area (Å²) in [6, 6.07) is 1.90. The molecule has 0 aromatic carbocycles. The van der Waals surface area contributed by atoms with Crippen LogP contribution in [0.1, 0.15) is 62.3 Å². The van der Waals surface area contributed by atoms with E-state index in [0.29, 0.717) is 12.2 Å². The summed E-state index contributed by atoms with van der Waals surface area (Å²) in [5.74, 6) is -1.26. The highest BCUT2D eigenvalue weighted by molar-refractivity contribution is 5.94. The van der Waals surface area contributed by atoms with Gasteiger partial charge >= 0.3 is 5.97 Å². The molecule has 6 heteroatoms. The Morgan fingerprint density at radius 2 is 1.95 bits per heavy atom. The third-order valence-electron chi connectivity index (χ3n) is 3.47. The number of carboxylic acids is 1. The van der Waals surface area contributed by atoms with Crippen LogP contribution in [0.3, 0.4) is 0 Å². The Hall–Kier alpha value is -1.85. The average Bonchev–Trinajstić information content (AvgIpc) is 2.80. The third-order valence-corrected chi connectivity index (χ3v) is 3.47. The number of hydrogen-bond acceptors (Lipinski definition) is 3. The van der Waals surface area contributed by atoms with Gasteiger partial charge in [0.1, 0.15) is 12.2 Å². The van der Waals surface area contributed by atoms with Crippen LogP contribution < -0.4 is 0 Å². The van der Waals surface area contributed by atoms with Crippen molar-refractivity contribution in [3.05, 3.63) is 17.5 Å². The largest absolute Gasteiger partial charge is 0.480 e. The Bertz CT molecular complexity index is 492. The summed E-state index contributed by atoms with van der Waals surface area (Å²) in [5.41, 5.74) is 1.26. The molecule has 0 aliphatic rings. The number of carbonyl (C=O) groups excluding carboxylic acids is 1. The maximum Gasteiger partial charge on any atom is 0.323 e. The zero-order chi connectivity index (χ0) is 16.0. The molecular formula is C15H25N3O3. The molecule has 0 atom stereocenters. The summed E-state index contributed by atoms with van der Waals surface area (Å²) in [4.78, 5) is 25.0. The van der Waals surface area contributed by atoms with Crippen LogP contribution in [0.5, 0.6) is 0 Å². The van der Waals surface area contributed by atoms with Crippen molar-refractivity contribution in [1.29, 1.82) is 0 Å². The first-order valence-electron chi connectivity index (χ1n) is 7.51. The van der Waals surface area contributed by atoms with Crippen LogP contribution in [0.2, 0.25) is 0 Å². The second-order valence-electron chi connectivity index (χ2n) is 5.21. The summed E-state index contributed by atoms with van der Waals surface area (Å²) in [6.07, 6.45) is 2.48. The second kappa shape index (κ2) is 7.81. The summed E-state index contributed by atoms with van der Waals surface area (Å²) < 4.78 is 1.75. The predicted octanol–water partition coefficient (Wildman–Crippen LogP) is 2.49. The van der Waals surface area contributed by atoms with Gasteiger partial charge in [0, 0.05) is 6.54 Å². The molecule has 0 saturated carbocycles. The molecule has 0 radical (unpaired) electrons. The van der Waals surface area contributed by atoms with Crippen molar-refractivity contribution in [2.24, 2.45) is 0 Å². The number of amides is 1. The van der Waals surface area contributed by atoms with E-state index in [1.165, 1.54) is 4.90 Å². The third kappa shape index (κ3) is 4.31. The molecular weight excluding hydrogens is 270 g/mol. The minimum Gasteiger partial charge on any atom is -0.480 e. The maximum absolute atomic E-state index is 12.6. The van der Waals surface area contributed by atoms with Crippen LogP contribution in [0, 0.1) is 6.92 Å². The Morgan fingerprint density at radius 1 is 1.33 bits per heavy atom. The predicted molar refractivity (Wildman–Crippen MR) is 80.4 cm³/mol. The summed E-state index contributed by atoms with van der Waals surface area (Å²) in [7, 11) is 0. The first kappa shape index (κ1) is 17.2. The zero-order valence-electron chi connectivity index (χ0n) is 13.3. The summed E-state index contributed by atoms with van der Waals surface area (Å²) in [5, 5.41) is 13.4. The van der Waals surface area contributed by atoms with Gasteiger partial charge in [-0.3, -0.25) is 14.3 Å². The van der Waals surface area contributed by atoms with Gasteiger partial charge in [0.2, 0.25) is 0 Å². The van der Waals surface area contributed by atoms with Crippen molar-refractivity contribution in [1.82, 2.24) is 14.7 Å². The van der Waals surface area contributed by atoms with E-state index in [0.717, 1.165) is 25.0 Å². The standard InChI is InChI=1S/C15H25N3O3/c1-5-8-17(10-14(19)20)15(21)13-9-11(4)16-18(13)12(6-2)7-3/h9,12H,5-8,10H2,1-4H3,(H,19,20). The first-order chi connectivity index (χ1) is 9.94. The smallest absolute Gasteiger partial charge is 0.323 e. The quantitative estimate of drug-likeness (QED) is 0.799. The molecule has 0 fully saturated rings. The van der Waals surface area contributed by atoms with Crippen LogP contribution in [-0.2, 0) is 4.79 Å². The fraction of sp³-hybridized carbons (Fsp3) is 0.667. The van der Waals surface area contributed by atoms with Crippen molar-refractivity contribution >= 4 is 11.9 Å². The lowest BCUT2D eigenvalue weighted by atomic mass is 10.1. The number of carbonyl (C=O) groups is 2. The van der Waals surface area contributed by atoms with Gasteiger partial charge in [-0.2, -0.15) is 5.10 Å². The van der Waals surface area contributed by atoms with Gasteiger partial charge in [-0.1, -0.05) is 20.8 Å². The summed E-state index contributed by atoms with van der Waals surface area (Å²) >= 11 is 0. The number of aryl methyl sites for hydroxylation is 1. The van der Waals surface area contributed by atoms with Crippen molar-refractivity contribution in [2.75, 3.05) is 13.1 Å². The van der Waals surface area contributed by atoms with Gasteiger partial charge in [-0.25, -0.2) is 0 Å². The van der Waals surface area contributed by atoms with Gasteiger partial charge in [-0.15, -0.1) is 0 Å². The normalized spacial score (nSPS) is 10.9. The van der Waals surface area contributed by atoms with E-state index in [9.17, 15) is 9.59 Å². The first-order valence-corrected chi connectivity index (χ1v) is 7.51. The maximum atomic E-state index is 12.6. The van der Waals surface area contributed by atoms with E-state index in [1.54, 1.807) is 10.7 Å². The van der Waals surface area contributed by atoms with Crippen LogP contribution in [-0.4, -0.2) is 44.8 Å². The molecule has 6 nitrogen and oxygen atoms in total. The van der Waals surface area contributed by atoms with Gasteiger partial charge in [0.15, 0.2) is 0 Å².